The number of halogens is 1. The van der Waals surface area contributed by atoms with Gasteiger partial charge in [0, 0.05) is 59.4 Å². The normalized spacial score (nSPS) is 24.2. The van der Waals surface area contributed by atoms with Gasteiger partial charge in [-0.05, 0) is 51.1 Å². The first-order valence-corrected chi connectivity index (χ1v) is 12.2. The van der Waals surface area contributed by atoms with E-state index >= 15 is 0 Å². The third kappa shape index (κ3) is 8.40. The van der Waals surface area contributed by atoms with Gasteiger partial charge in [0.25, 0.3) is 0 Å². The molecule has 186 valence electrons. The number of amides is 1. The molecular weight excluding hydrogens is 527 g/mol. The first kappa shape index (κ1) is 27.9. The lowest BCUT2D eigenvalue weighted by atomic mass is 9.97. The number of carbonyl (C=O) groups is 1. The van der Waals surface area contributed by atoms with Gasteiger partial charge in [-0.2, -0.15) is 0 Å². The molecule has 3 atom stereocenters. The van der Waals surface area contributed by atoms with Crippen LogP contribution < -0.4 is 10.6 Å². The molecule has 0 saturated carbocycles. The number of likely N-dealkylation sites (N-methyl/N-ethyl adjacent to an activating group) is 1. The molecule has 1 aromatic carbocycles. The van der Waals surface area contributed by atoms with Crippen LogP contribution in [0.5, 0.6) is 0 Å². The largest absolute Gasteiger partial charge is 0.356 e. The monoisotopic (exact) mass is 570 g/mol. The van der Waals surface area contributed by atoms with Gasteiger partial charge < -0.3 is 15.5 Å². The number of guanidine groups is 1. The molecule has 8 heteroatoms. The van der Waals surface area contributed by atoms with E-state index in [1.807, 2.05) is 21.1 Å². The predicted octanol–water partition coefficient (Wildman–Crippen LogP) is 2.77. The van der Waals surface area contributed by atoms with E-state index in [-0.39, 0.29) is 35.9 Å². The summed E-state index contributed by atoms with van der Waals surface area (Å²) in [5.41, 5.74) is 1.38. The van der Waals surface area contributed by atoms with Crippen LogP contribution in [-0.4, -0.2) is 92.0 Å². The smallest absolute Gasteiger partial charge is 0.239 e. The summed E-state index contributed by atoms with van der Waals surface area (Å²) in [4.78, 5) is 23.4. The van der Waals surface area contributed by atoms with Gasteiger partial charge in [0.05, 0.1) is 6.04 Å². The standard InChI is InChI=1S/C25H42N6O.HI/c1-20-18-22(13-17-31(20)19-21-10-6-5-7-11-21)28-25(26-2)27-14-9-16-30-15-8-12-23(30)24(32)29(3)4;/h5-7,10-11,20,22-23H,8-9,12-19H2,1-4H3,(H2,26,27,28);1H. The molecule has 0 aliphatic carbocycles. The van der Waals surface area contributed by atoms with Crippen molar-refractivity contribution in [2.24, 2.45) is 4.99 Å². The van der Waals surface area contributed by atoms with Gasteiger partial charge in [-0.3, -0.25) is 19.6 Å². The maximum atomic E-state index is 12.4. The van der Waals surface area contributed by atoms with Gasteiger partial charge in [-0.15, -0.1) is 24.0 Å². The summed E-state index contributed by atoms with van der Waals surface area (Å²) < 4.78 is 0. The Morgan fingerprint density at radius 1 is 1.15 bits per heavy atom. The number of hydrogen-bond acceptors (Lipinski definition) is 4. The molecule has 0 bridgehead atoms. The molecule has 2 fully saturated rings. The summed E-state index contributed by atoms with van der Waals surface area (Å²) >= 11 is 0. The van der Waals surface area contributed by atoms with E-state index in [9.17, 15) is 4.79 Å². The van der Waals surface area contributed by atoms with Crippen LogP contribution in [0.15, 0.2) is 35.3 Å². The van der Waals surface area contributed by atoms with E-state index in [0.29, 0.717) is 12.1 Å². The van der Waals surface area contributed by atoms with Crippen LogP contribution >= 0.6 is 24.0 Å². The van der Waals surface area contributed by atoms with Gasteiger partial charge in [-0.1, -0.05) is 30.3 Å². The Kier molecular flexibility index (Phi) is 11.9. The van der Waals surface area contributed by atoms with Gasteiger partial charge >= 0.3 is 0 Å². The number of piperidine rings is 1. The Hall–Kier alpha value is -1.39. The van der Waals surface area contributed by atoms with E-state index in [1.54, 1.807) is 4.90 Å². The van der Waals surface area contributed by atoms with Gasteiger partial charge in [0.2, 0.25) is 5.91 Å². The number of nitrogens with one attached hydrogen (secondary N) is 2. The zero-order valence-electron chi connectivity index (χ0n) is 20.8. The SMILES string of the molecule is CN=C(NCCCN1CCCC1C(=O)N(C)C)NC1CCN(Cc2ccccc2)C(C)C1.I. The predicted molar refractivity (Wildman–Crippen MR) is 147 cm³/mol. The Bertz CT molecular complexity index is 744. The summed E-state index contributed by atoms with van der Waals surface area (Å²) in [5.74, 6) is 1.13. The van der Waals surface area contributed by atoms with Crippen molar-refractivity contribution < 1.29 is 4.79 Å². The maximum Gasteiger partial charge on any atom is 0.239 e. The van der Waals surface area contributed by atoms with Gasteiger partial charge in [-0.25, -0.2) is 0 Å². The van der Waals surface area contributed by atoms with Crippen LogP contribution in [0, 0.1) is 0 Å². The van der Waals surface area contributed by atoms with Crippen LogP contribution in [0.2, 0.25) is 0 Å². The van der Waals surface area contributed by atoms with Crippen molar-refractivity contribution in [2.45, 2.75) is 63.7 Å². The van der Waals surface area contributed by atoms with Crippen LogP contribution in [0.4, 0.5) is 0 Å². The van der Waals surface area contributed by atoms with Gasteiger partial charge in [0.1, 0.15) is 0 Å². The second kappa shape index (κ2) is 14.1. The Morgan fingerprint density at radius 2 is 1.91 bits per heavy atom. The van der Waals surface area contributed by atoms with E-state index in [1.165, 1.54) is 5.56 Å². The summed E-state index contributed by atoms with van der Waals surface area (Å²) in [6.07, 6.45) is 5.34. The van der Waals surface area contributed by atoms with Crippen molar-refractivity contribution in [2.75, 3.05) is 47.3 Å². The lowest BCUT2D eigenvalue weighted by molar-refractivity contribution is -0.133. The number of aliphatic imine (C=N–C) groups is 1. The lowest BCUT2D eigenvalue weighted by Gasteiger charge is -2.38. The number of hydrogen-bond donors (Lipinski definition) is 2. The molecule has 7 nitrogen and oxygen atoms in total. The Balaban J connectivity index is 0.00000385. The van der Waals surface area contributed by atoms with E-state index < -0.39 is 0 Å². The molecule has 2 aliphatic rings. The van der Waals surface area contributed by atoms with Crippen LogP contribution in [0.25, 0.3) is 0 Å². The number of benzene rings is 1. The Morgan fingerprint density at radius 3 is 2.58 bits per heavy atom. The highest BCUT2D eigenvalue weighted by molar-refractivity contribution is 14.0. The molecular formula is C25H43IN6O. The Labute approximate surface area is 217 Å². The fraction of sp³-hybridized carbons (Fsp3) is 0.680. The topological polar surface area (TPSA) is 63.2 Å². The highest BCUT2D eigenvalue weighted by Gasteiger charge is 2.31. The lowest BCUT2D eigenvalue weighted by Crippen LogP contribution is -2.51. The number of rotatable bonds is 8. The molecule has 2 aliphatic heterocycles. The summed E-state index contributed by atoms with van der Waals surface area (Å²) in [6.45, 7) is 7.28. The fourth-order valence-electron chi connectivity index (χ4n) is 4.95. The molecule has 2 saturated heterocycles. The first-order valence-electron chi connectivity index (χ1n) is 12.2. The third-order valence-corrected chi connectivity index (χ3v) is 6.81. The van der Waals surface area contributed by atoms with Crippen molar-refractivity contribution in [3.8, 4) is 0 Å². The zero-order chi connectivity index (χ0) is 22.9. The van der Waals surface area contributed by atoms with E-state index in [0.717, 1.165) is 70.8 Å². The molecule has 3 unspecified atom stereocenters. The summed E-state index contributed by atoms with van der Waals surface area (Å²) in [5, 5.41) is 7.11. The minimum atomic E-state index is 0. The van der Waals surface area contributed by atoms with Crippen LogP contribution in [-0.2, 0) is 11.3 Å². The first-order chi connectivity index (χ1) is 15.5. The summed E-state index contributed by atoms with van der Waals surface area (Å²) in [7, 11) is 5.54. The van der Waals surface area contributed by atoms with Crippen molar-refractivity contribution in [1.29, 1.82) is 0 Å². The average Bonchev–Trinajstić information content (AvgIpc) is 3.26. The molecule has 0 aromatic heterocycles. The highest BCUT2D eigenvalue weighted by Crippen LogP contribution is 2.20. The second-order valence-corrected chi connectivity index (χ2v) is 9.45. The zero-order valence-corrected chi connectivity index (χ0v) is 23.1. The van der Waals surface area contributed by atoms with E-state index in [4.69, 9.17) is 0 Å². The summed E-state index contributed by atoms with van der Waals surface area (Å²) in [6, 6.07) is 11.8. The molecule has 33 heavy (non-hydrogen) atoms. The van der Waals surface area contributed by atoms with Crippen LogP contribution in [0.3, 0.4) is 0 Å². The van der Waals surface area contributed by atoms with E-state index in [2.05, 4.69) is 62.7 Å². The van der Waals surface area contributed by atoms with Crippen molar-refractivity contribution >= 4 is 35.8 Å². The van der Waals surface area contributed by atoms with Crippen LogP contribution in [0.1, 0.15) is 44.6 Å². The second-order valence-electron chi connectivity index (χ2n) is 9.45. The highest BCUT2D eigenvalue weighted by atomic mass is 127. The average molecular weight is 571 g/mol. The fourth-order valence-corrected chi connectivity index (χ4v) is 4.95. The molecule has 2 N–H and O–H groups in total. The van der Waals surface area contributed by atoms with Gasteiger partial charge in [0.15, 0.2) is 5.96 Å². The van der Waals surface area contributed by atoms with Crippen molar-refractivity contribution in [3.05, 3.63) is 35.9 Å². The molecule has 3 rings (SSSR count). The number of nitrogens with zero attached hydrogens (tertiary/aromatic N) is 4. The molecule has 2 heterocycles. The quantitative estimate of drug-likeness (QED) is 0.218. The maximum absolute atomic E-state index is 12.4. The third-order valence-electron chi connectivity index (χ3n) is 6.81. The molecule has 1 amide bonds. The minimum absolute atomic E-state index is 0. The molecule has 0 spiro atoms. The number of likely N-dealkylation sites (tertiary alicyclic amines) is 2. The van der Waals surface area contributed by atoms with Crippen molar-refractivity contribution in [1.82, 2.24) is 25.3 Å². The molecule has 0 radical (unpaired) electrons. The number of carbonyl (C=O) groups excluding carboxylic acids is 1. The van der Waals surface area contributed by atoms with Crippen molar-refractivity contribution in [3.63, 3.8) is 0 Å². The molecule has 1 aromatic rings. The minimum Gasteiger partial charge on any atom is -0.356 e.